The normalized spacial score (nSPS) is 11.8. The number of hydrogen-bond acceptors (Lipinski definition) is 4. The van der Waals surface area contributed by atoms with Crippen LogP contribution in [0.3, 0.4) is 0 Å². The van der Waals surface area contributed by atoms with E-state index in [2.05, 4.69) is 33.6 Å². The zero-order valence-electron chi connectivity index (χ0n) is 24.5. The van der Waals surface area contributed by atoms with E-state index in [0.717, 1.165) is 37.6 Å². The van der Waals surface area contributed by atoms with Crippen LogP contribution in [0.5, 0.6) is 5.75 Å². The van der Waals surface area contributed by atoms with Gasteiger partial charge in [0.15, 0.2) is 0 Å². The van der Waals surface area contributed by atoms with Gasteiger partial charge in [-0.15, -0.1) is 0 Å². The van der Waals surface area contributed by atoms with E-state index >= 15 is 0 Å². The lowest BCUT2D eigenvalue weighted by Gasteiger charge is -2.25. The van der Waals surface area contributed by atoms with Crippen LogP contribution >= 0.6 is 11.6 Å². The number of halogens is 1. The highest BCUT2D eigenvalue weighted by molar-refractivity contribution is 7.87. The fourth-order valence-corrected chi connectivity index (χ4v) is 6.20. The van der Waals surface area contributed by atoms with Crippen LogP contribution in [0.4, 0.5) is 0 Å². The molecule has 0 fully saturated rings. The molecule has 4 aromatic carbocycles. The molecule has 10 heteroatoms. The smallest absolute Gasteiger partial charge is 0.335 e. The number of ether oxygens (including phenoxy) is 1. The van der Waals surface area contributed by atoms with E-state index in [4.69, 9.17) is 16.3 Å². The summed E-state index contributed by atoms with van der Waals surface area (Å²) in [5.41, 5.74) is 5.30. The molecule has 0 aliphatic rings. The molecule has 0 amide bonds. The highest BCUT2D eigenvalue weighted by Gasteiger charge is 2.26. The number of fused-ring (bicyclic) bond motifs is 1. The summed E-state index contributed by atoms with van der Waals surface area (Å²) in [4.78, 5) is 11.2. The maximum atomic E-state index is 12.6. The first-order valence-electron chi connectivity index (χ1n) is 14.2. The average molecular weight is 632 g/mol. The van der Waals surface area contributed by atoms with E-state index in [0.29, 0.717) is 30.2 Å². The summed E-state index contributed by atoms with van der Waals surface area (Å²) in [6.07, 6.45) is 0.925. The van der Waals surface area contributed by atoms with Crippen molar-refractivity contribution in [2.75, 3.05) is 27.2 Å². The van der Waals surface area contributed by atoms with Gasteiger partial charge in [-0.25, -0.2) is 9.52 Å². The van der Waals surface area contributed by atoms with Crippen LogP contribution < -0.4 is 9.46 Å². The van der Waals surface area contributed by atoms with Crippen molar-refractivity contribution < 1.29 is 23.1 Å². The topological polar surface area (TPSA) is 101 Å². The van der Waals surface area contributed by atoms with Gasteiger partial charge in [-0.05, 0) is 59.2 Å². The van der Waals surface area contributed by atoms with Gasteiger partial charge < -0.3 is 14.4 Å². The molecule has 0 aliphatic carbocycles. The molecule has 5 rings (SSSR count). The molecule has 0 radical (unpaired) electrons. The highest BCUT2D eigenvalue weighted by Crippen LogP contribution is 2.37. The van der Waals surface area contributed by atoms with Crippen molar-refractivity contribution >= 4 is 38.7 Å². The molecule has 1 aromatic heterocycles. The fraction of sp³-hybridized carbons (Fsp3) is 0.206. The average Bonchev–Trinajstić information content (AvgIpc) is 3.30. The number of nitrogens with zero attached hydrogens (tertiary/aromatic N) is 2. The Balaban J connectivity index is 1.62. The van der Waals surface area contributed by atoms with Crippen molar-refractivity contribution in [2.24, 2.45) is 0 Å². The summed E-state index contributed by atoms with van der Waals surface area (Å²) in [7, 11) is -0.644. The Morgan fingerprint density at radius 3 is 2.09 bits per heavy atom. The van der Waals surface area contributed by atoms with E-state index < -0.39 is 16.2 Å². The Hall–Kier alpha value is -4.15. The second-order valence-corrected chi connectivity index (χ2v) is 12.9. The van der Waals surface area contributed by atoms with Crippen LogP contribution in [0, 0.1) is 0 Å². The Kier molecular flexibility index (Phi) is 9.71. The summed E-state index contributed by atoms with van der Waals surface area (Å²) in [5.74, 6) is -0.439. The summed E-state index contributed by atoms with van der Waals surface area (Å²) in [6, 6.07) is 32.4. The minimum atomic E-state index is -3.63. The van der Waals surface area contributed by atoms with Gasteiger partial charge in [0.1, 0.15) is 5.75 Å². The summed E-state index contributed by atoms with van der Waals surface area (Å²) in [5, 5.41) is 10.8. The fourth-order valence-electron chi connectivity index (χ4n) is 5.40. The molecule has 2 N–H and O–H groups in total. The zero-order valence-corrected chi connectivity index (χ0v) is 26.1. The number of nitrogens with one attached hydrogen (secondary N) is 1. The quantitative estimate of drug-likeness (QED) is 0.161. The first-order valence-corrected chi connectivity index (χ1v) is 16.0. The van der Waals surface area contributed by atoms with Crippen molar-refractivity contribution in [1.29, 1.82) is 0 Å². The van der Waals surface area contributed by atoms with Gasteiger partial charge in [-0.2, -0.15) is 12.7 Å². The molecule has 0 bridgehead atoms. The molecule has 0 aliphatic heterocycles. The number of aromatic nitrogens is 1. The van der Waals surface area contributed by atoms with Crippen molar-refractivity contribution in [3.63, 3.8) is 0 Å². The lowest BCUT2D eigenvalue weighted by atomic mass is 9.97. The van der Waals surface area contributed by atoms with Gasteiger partial charge in [0.2, 0.25) is 0 Å². The van der Waals surface area contributed by atoms with Crippen molar-refractivity contribution in [3.8, 4) is 5.75 Å². The van der Waals surface area contributed by atoms with Crippen molar-refractivity contribution in [2.45, 2.75) is 18.9 Å². The van der Waals surface area contributed by atoms with Gasteiger partial charge in [0.25, 0.3) is 10.2 Å². The standard InChI is InChI=1S/C34H34ClN3O5S/c1-37(2)44(41,42)36-21-19-32-29(20-22-43-28-16-13-26(14-17-28)34(39)40)30-23-27(35)15-18-31(30)38(32)33(24-9-5-3-6-10-24)25-11-7-4-8-12-25/h3-18,23,33,36H,19-22H2,1-2H3,(H,39,40). The zero-order chi connectivity index (χ0) is 31.3. The third-order valence-electron chi connectivity index (χ3n) is 7.52. The molecule has 0 atom stereocenters. The van der Waals surface area contributed by atoms with E-state index in [1.807, 2.05) is 54.6 Å². The number of carboxylic acid groups (broad SMARTS) is 1. The van der Waals surface area contributed by atoms with E-state index in [-0.39, 0.29) is 18.2 Å². The molecule has 228 valence electrons. The lowest BCUT2D eigenvalue weighted by molar-refractivity contribution is 0.0697. The minimum absolute atomic E-state index is 0.186. The summed E-state index contributed by atoms with van der Waals surface area (Å²) < 4.78 is 37.4. The molecule has 0 unspecified atom stereocenters. The number of carbonyl (C=O) groups is 1. The van der Waals surface area contributed by atoms with Crippen LogP contribution in [0.2, 0.25) is 5.02 Å². The van der Waals surface area contributed by atoms with E-state index in [1.54, 1.807) is 12.1 Å². The van der Waals surface area contributed by atoms with Crippen LogP contribution in [-0.4, -0.2) is 55.6 Å². The Bertz CT molecular complexity index is 1800. The van der Waals surface area contributed by atoms with Crippen LogP contribution in [0.15, 0.2) is 103 Å². The predicted octanol–water partition coefficient (Wildman–Crippen LogP) is 6.19. The third kappa shape index (κ3) is 6.97. The molecule has 0 saturated carbocycles. The first kappa shape index (κ1) is 31.3. The van der Waals surface area contributed by atoms with Crippen LogP contribution in [0.25, 0.3) is 10.9 Å². The molecular weight excluding hydrogens is 598 g/mol. The molecule has 0 spiro atoms. The van der Waals surface area contributed by atoms with Gasteiger partial charge >= 0.3 is 5.97 Å². The molecule has 5 aromatic rings. The second-order valence-electron chi connectivity index (χ2n) is 10.5. The number of aromatic carboxylic acids is 1. The number of hydrogen-bond donors (Lipinski definition) is 2. The van der Waals surface area contributed by atoms with Gasteiger partial charge in [-0.3, -0.25) is 0 Å². The number of benzene rings is 4. The van der Waals surface area contributed by atoms with Gasteiger partial charge in [-0.1, -0.05) is 72.3 Å². The number of rotatable bonds is 13. The Labute approximate surface area is 262 Å². The highest BCUT2D eigenvalue weighted by atomic mass is 35.5. The SMILES string of the molecule is CN(C)S(=O)(=O)NCCc1c(CCOc2ccc(C(=O)O)cc2)c2cc(Cl)ccc2n1C(c1ccccc1)c1ccccc1. The van der Waals surface area contributed by atoms with Gasteiger partial charge in [0.05, 0.1) is 18.2 Å². The monoisotopic (exact) mass is 631 g/mol. The summed E-state index contributed by atoms with van der Waals surface area (Å²) in [6.45, 7) is 0.501. The van der Waals surface area contributed by atoms with E-state index in [1.165, 1.54) is 26.2 Å². The molecule has 44 heavy (non-hydrogen) atoms. The Morgan fingerprint density at radius 2 is 1.52 bits per heavy atom. The third-order valence-corrected chi connectivity index (χ3v) is 9.29. The molecule has 1 heterocycles. The van der Waals surface area contributed by atoms with Crippen molar-refractivity contribution in [3.05, 3.63) is 136 Å². The first-order chi connectivity index (χ1) is 21.2. The Morgan fingerprint density at radius 1 is 0.909 bits per heavy atom. The van der Waals surface area contributed by atoms with Gasteiger partial charge in [0, 0.05) is 55.1 Å². The molecule has 0 saturated heterocycles. The maximum absolute atomic E-state index is 12.6. The summed E-state index contributed by atoms with van der Waals surface area (Å²) >= 11 is 6.55. The lowest BCUT2D eigenvalue weighted by Crippen LogP contribution is -2.37. The predicted molar refractivity (Wildman–Crippen MR) is 174 cm³/mol. The minimum Gasteiger partial charge on any atom is -0.493 e. The van der Waals surface area contributed by atoms with Crippen LogP contribution in [0.1, 0.15) is 38.8 Å². The second kappa shape index (κ2) is 13.7. The van der Waals surface area contributed by atoms with Crippen molar-refractivity contribution in [1.82, 2.24) is 13.6 Å². The number of carboxylic acids is 1. The van der Waals surface area contributed by atoms with E-state index in [9.17, 15) is 18.3 Å². The molecule has 8 nitrogen and oxygen atoms in total. The maximum Gasteiger partial charge on any atom is 0.335 e. The van der Waals surface area contributed by atoms with Crippen LogP contribution in [-0.2, 0) is 23.1 Å². The molecular formula is C34H34ClN3O5S. The largest absolute Gasteiger partial charge is 0.493 e.